The maximum atomic E-state index is 12.0. The first-order chi connectivity index (χ1) is 10.4. The van der Waals surface area contributed by atoms with Gasteiger partial charge in [-0.05, 0) is 77.5 Å². The van der Waals surface area contributed by atoms with Gasteiger partial charge in [0.2, 0.25) is 0 Å². The molecule has 0 aliphatic heterocycles. The molecule has 0 spiro atoms. The van der Waals surface area contributed by atoms with Crippen molar-refractivity contribution in [3.05, 3.63) is 12.2 Å². The molecule has 4 nitrogen and oxygen atoms in total. The van der Waals surface area contributed by atoms with E-state index in [4.69, 9.17) is 13.3 Å². The summed E-state index contributed by atoms with van der Waals surface area (Å²) in [6.07, 6.45) is 0.636. The van der Waals surface area contributed by atoms with Crippen molar-refractivity contribution < 1.29 is 18.1 Å². The Morgan fingerprint density at radius 3 is 1.46 bits per heavy atom. The average molecular weight is 407 g/mol. The molecular formula is C16H38O4Si4. The molecule has 24 heavy (non-hydrogen) atoms. The van der Waals surface area contributed by atoms with Crippen LogP contribution >= 0.6 is 0 Å². The molecule has 0 radical (unpaired) electrons. The van der Waals surface area contributed by atoms with Crippen LogP contribution in [-0.4, -0.2) is 45.9 Å². The highest BCUT2D eigenvalue weighted by molar-refractivity contribution is 6.77. The average Bonchev–Trinajstić information content (AvgIpc) is 2.20. The fourth-order valence-electron chi connectivity index (χ4n) is 2.29. The molecule has 0 aliphatic carbocycles. The van der Waals surface area contributed by atoms with Crippen LogP contribution in [0.2, 0.25) is 65.0 Å². The smallest absolute Gasteiger partial charge is 0.254 e. The molecule has 0 heterocycles. The maximum Gasteiger partial charge on any atom is 0.254 e. The predicted molar refractivity (Wildman–Crippen MR) is 114 cm³/mol. The van der Waals surface area contributed by atoms with Gasteiger partial charge in [-0.15, -0.1) is 0 Å². The van der Waals surface area contributed by atoms with Crippen molar-refractivity contribution in [1.29, 1.82) is 0 Å². The largest absolute Gasteiger partial charge is 0.371 e. The Morgan fingerprint density at radius 1 is 0.875 bits per heavy atom. The Balaban J connectivity index is 5.46. The lowest BCUT2D eigenvalue weighted by Crippen LogP contribution is -2.56. The van der Waals surface area contributed by atoms with E-state index in [0.717, 1.165) is 6.04 Å². The van der Waals surface area contributed by atoms with E-state index in [1.54, 1.807) is 6.92 Å². The monoisotopic (exact) mass is 406 g/mol. The molecule has 0 atom stereocenters. The van der Waals surface area contributed by atoms with Gasteiger partial charge in [-0.3, -0.25) is 0 Å². The minimum atomic E-state index is -1.88. The third kappa shape index (κ3) is 11.7. The molecule has 0 aromatic rings. The molecule has 0 aromatic heterocycles. The molecule has 0 saturated carbocycles. The Hall–Kier alpha value is 0.158. The van der Waals surface area contributed by atoms with E-state index in [2.05, 4.69) is 65.5 Å². The van der Waals surface area contributed by atoms with Crippen molar-refractivity contribution in [1.82, 2.24) is 0 Å². The van der Waals surface area contributed by atoms with E-state index in [-0.39, 0.29) is 5.41 Å². The molecule has 0 unspecified atom stereocenters. The van der Waals surface area contributed by atoms with Gasteiger partial charge in [0.05, 0.1) is 0 Å². The summed E-state index contributed by atoms with van der Waals surface area (Å²) in [5, 5.41) is 0.234. The number of hydrogen-bond donors (Lipinski definition) is 0. The molecule has 0 aromatic carbocycles. The second-order valence-corrected chi connectivity index (χ2v) is 24.5. The minimum absolute atomic E-state index is 0.234. The van der Waals surface area contributed by atoms with Crippen molar-refractivity contribution >= 4 is 39.9 Å². The van der Waals surface area contributed by atoms with Crippen LogP contribution in [0.25, 0.3) is 0 Å². The van der Waals surface area contributed by atoms with Crippen molar-refractivity contribution in [2.45, 2.75) is 84.3 Å². The van der Waals surface area contributed by atoms with Gasteiger partial charge in [0, 0.05) is 6.42 Å². The van der Waals surface area contributed by atoms with Crippen LogP contribution in [0, 0.1) is 0 Å². The van der Waals surface area contributed by atoms with Gasteiger partial charge in [-0.2, -0.15) is 0 Å². The molecule has 0 aliphatic rings. The molecule has 0 bridgehead atoms. The van der Waals surface area contributed by atoms with Crippen LogP contribution in [0.1, 0.15) is 13.3 Å². The van der Waals surface area contributed by atoms with Crippen molar-refractivity contribution in [2.24, 2.45) is 0 Å². The van der Waals surface area contributed by atoms with E-state index in [1.165, 1.54) is 0 Å². The van der Waals surface area contributed by atoms with Gasteiger partial charge in [0.1, 0.15) is 14.9 Å². The summed E-state index contributed by atoms with van der Waals surface area (Å²) in [6, 6.07) is 0.811. The SMILES string of the molecule is C=C(C)C(=O)[SiH2]CCC(O[Si](C)(C)C)(O[Si](C)(C)C)O[Si](C)(C)C. The summed E-state index contributed by atoms with van der Waals surface area (Å²) in [5.74, 6) is -0.984. The van der Waals surface area contributed by atoms with E-state index >= 15 is 0 Å². The summed E-state index contributed by atoms with van der Waals surface area (Å²) in [7, 11) is -6.53. The lowest BCUT2D eigenvalue weighted by Gasteiger charge is -2.45. The van der Waals surface area contributed by atoms with Crippen LogP contribution in [0.4, 0.5) is 0 Å². The number of carbonyl (C=O) groups is 1. The topological polar surface area (TPSA) is 44.8 Å². The van der Waals surface area contributed by atoms with Crippen molar-refractivity contribution in [3.8, 4) is 0 Å². The van der Waals surface area contributed by atoms with Gasteiger partial charge in [-0.1, -0.05) is 6.58 Å². The minimum Gasteiger partial charge on any atom is -0.371 e. The van der Waals surface area contributed by atoms with Crippen LogP contribution in [0.3, 0.4) is 0 Å². The van der Waals surface area contributed by atoms with Crippen molar-refractivity contribution in [2.75, 3.05) is 0 Å². The van der Waals surface area contributed by atoms with Crippen LogP contribution in [0.5, 0.6) is 0 Å². The highest BCUT2D eigenvalue weighted by Crippen LogP contribution is 2.33. The number of rotatable bonds is 11. The molecule has 0 saturated heterocycles. The van der Waals surface area contributed by atoms with Gasteiger partial charge < -0.3 is 18.1 Å². The summed E-state index contributed by atoms with van der Waals surface area (Å²) in [5.41, 5.74) is 0.663. The normalized spacial score (nSPS) is 14.4. The highest BCUT2D eigenvalue weighted by atomic mass is 28.4. The third-order valence-electron chi connectivity index (χ3n) is 2.75. The third-order valence-corrected chi connectivity index (χ3v) is 7.28. The zero-order chi connectivity index (χ0) is 19.4. The lowest BCUT2D eigenvalue weighted by molar-refractivity contribution is -0.271. The second kappa shape index (κ2) is 8.70. The first-order valence-corrected chi connectivity index (χ1v) is 20.7. The zero-order valence-corrected chi connectivity index (χ0v) is 21.9. The number of allylic oxidation sites excluding steroid dienone is 1. The van der Waals surface area contributed by atoms with Gasteiger partial charge in [-0.25, -0.2) is 0 Å². The Labute approximate surface area is 154 Å². The summed E-state index contributed by atoms with van der Waals surface area (Å²) >= 11 is 0. The maximum absolute atomic E-state index is 12.0. The van der Waals surface area contributed by atoms with Gasteiger partial charge in [0.25, 0.3) is 5.97 Å². The standard InChI is InChI=1S/C16H38O4Si4/c1-14(2)15(17)21-13-12-16(18-22(3,4)5,19-23(6,7)8)20-24(9,10)11/h1,12-13,21H2,2-11H3. The Kier molecular flexibility index (Phi) is 8.75. The molecule has 0 fully saturated rings. The first kappa shape index (κ1) is 24.2. The predicted octanol–water partition coefficient (Wildman–Crippen LogP) is 4.27. The first-order valence-electron chi connectivity index (χ1n) is 8.74. The Bertz CT molecular complexity index is 404. The van der Waals surface area contributed by atoms with Gasteiger partial charge >= 0.3 is 0 Å². The second-order valence-electron chi connectivity index (χ2n) is 9.38. The molecular weight excluding hydrogens is 369 g/mol. The van der Waals surface area contributed by atoms with E-state index in [9.17, 15) is 4.79 Å². The van der Waals surface area contributed by atoms with Crippen LogP contribution in [0.15, 0.2) is 12.2 Å². The molecule has 142 valence electrons. The van der Waals surface area contributed by atoms with Gasteiger partial charge in [0.15, 0.2) is 25.0 Å². The highest BCUT2D eigenvalue weighted by Gasteiger charge is 2.44. The summed E-state index contributed by atoms with van der Waals surface area (Å²) in [6.45, 7) is 24.9. The number of hydrogen-bond acceptors (Lipinski definition) is 4. The van der Waals surface area contributed by atoms with Crippen molar-refractivity contribution in [3.63, 3.8) is 0 Å². The van der Waals surface area contributed by atoms with E-state index in [1.807, 2.05) is 0 Å². The fourth-order valence-corrected chi connectivity index (χ4v) is 7.26. The van der Waals surface area contributed by atoms with Crippen LogP contribution in [-0.2, 0) is 18.1 Å². The quantitative estimate of drug-likeness (QED) is 0.292. The van der Waals surface area contributed by atoms with Crippen LogP contribution < -0.4 is 0 Å². The lowest BCUT2D eigenvalue weighted by atomic mass is 10.4. The Morgan fingerprint density at radius 2 is 1.21 bits per heavy atom. The molecule has 0 amide bonds. The molecule has 8 heteroatoms. The summed E-state index contributed by atoms with van der Waals surface area (Å²) < 4.78 is 19.4. The zero-order valence-electron chi connectivity index (χ0n) is 17.5. The van der Waals surface area contributed by atoms with E-state index in [0.29, 0.717) is 12.0 Å². The van der Waals surface area contributed by atoms with E-state index < -0.39 is 40.4 Å². The number of carbonyl (C=O) groups excluding carboxylic acids is 1. The fraction of sp³-hybridized carbons (Fsp3) is 0.812. The summed E-state index contributed by atoms with van der Waals surface area (Å²) in [4.78, 5) is 12.0. The molecule has 0 N–H and O–H groups in total. The molecule has 0 rings (SSSR count).